The van der Waals surface area contributed by atoms with Crippen LogP contribution in [0.15, 0.2) is 30.3 Å². The summed E-state index contributed by atoms with van der Waals surface area (Å²) in [6, 6.07) is 7.07. The topological polar surface area (TPSA) is 59.0 Å². The van der Waals surface area contributed by atoms with E-state index in [0.717, 1.165) is 11.1 Å². The van der Waals surface area contributed by atoms with Gasteiger partial charge < -0.3 is 14.6 Å². The number of phenols is 1. The molecule has 1 saturated heterocycles. The van der Waals surface area contributed by atoms with E-state index in [1.807, 2.05) is 39.0 Å². The lowest BCUT2D eigenvalue weighted by atomic mass is 9.89. The maximum absolute atomic E-state index is 12.5. The second-order valence-electron chi connectivity index (χ2n) is 7.06. The fourth-order valence-corrected chi connectivity index (χ4v) is 3.14. The first-order chi connectivity index (χ1) is 10.8. The van der Waals surface area contributed by atoms with Crippen molar-refractivity contribution >= 4 is 11.7 Å². The monoisotopic (exact) mass is 317 g/mol. The molecule has 2 aliphatic rings. The Hall–Kier alpha value is -2.01. The molecule has 0 saturated carbocycles. The number of hydrogen-bond donors (Lipinski definition) is 1. The minimum Gasteiger partial charge on any atom is -0.507 e. The van der Waals surface area contributed by atoms with Crippen LogP contribution < -0.4 is 0 Å². The fraction of sp³-hybridized carbons (Fsp3) is 0.500. The fourth-order valence-electron chi connectivity index (χ4n) is 3.14. The number of fused-ring (bicyclic) bond motifs is 2. The van der Waals surface area contributed by atoms with E-state index < -0.39 is 5.60 Å². The van der Waals surface area contributed by atoms with Crippen LogP contribution >= 0.6 is 0 Å². The quantitative estimate of drug-likeness (QED) is 0.864. The summed E-state index contributed by atoms with van der Waals surface area (Å²) in [7, 11) is 0. The smallest absolute Gasteiger partial charge is 0.411 e. The molecule has 23 heavy (non-hydrogen) atoms. The highest BCUT2D eigenvalue weighted by Gasteiger charge is 2.40. The summed E-state index contributed by atoms with van der Waals surface area (Å²) in [6.07, 6.45) is 2.35. The van der Waals surface area contributed by atoms with Gasteiger partial charge in [0.15, 0.2) is 0 Å². The van der Waals surface area contributed by atoms with E-state index in [1.165, 1.54) is 0 Å². The lowest BCUT2D eigenvalue weighted by Crippen LogP contribution is -2.57. The van der Waals surface area contributed by atoms with Gasteiger partial charge in [-0.3, -0.25) is 4.90 Å². The van der Waals surface area contributed by atoms with Crippen molar-refractivity contribution in [2.75, 3.05) is 13.2 Å². The minimum atomic E-state index is -0.520. The second kappa shape index (κ2) is 5.89. The van der Waals surface area contributed by atoms with Crippen molar-refractivity contribution in [3.8, 4) is 5.75 Å². The Kier molecular flexibility index (Phi) is 4.06. The van der Waals surface area contributed by atoms with Crippen LogP contribution in [0.25, 0.3) is 5.57 Å². The van der Waals surface area contributed by atoms with Crippen LogP contribution in [0.3, 0.4) is 0 Å². The molecule has 0 radical (unpaired) electrons. The molecule has 0 spiro atoms. The molecule has 124 valence electrons. The predicted molar refractivity (Wildman–Crippen MR) is 87.2 cm³/mol. The Labute approximate surface area is 136 Å². The summed E-state index contributed by atoms with van der Waals surface area (Å²) in [5.74, 6) is 0.267. The SMILES string of the molecule is CC(C)(C)OC(=O)N1C2C=C(c3ccccc3O)CC1COC2. The van der Waals surface area contributed by atoms with Gasteiger partial charge in [0.25, 0.3) is 0 Å². The standard InChI is InChI=1S/C18H23NO4/c1-18(2,3)23-17(21)19-13-8-12(9-14(19)11-22-10-13)15-6-4-5-7-16(15)20/h4-8,13-14,20H,9-11H2,1-3H3. The number of aromatic hydroxyl groups is 1. The molecule has 1 N–H and O–H groups in total. The van der Waals surface area contributed by atoms with E-state index in [9.17, 15) is 9.90 Å². The number of para-hydroxylation sites is 1. The summed E-state index contributed by atoms with van der Waals surface area (Å²) in [5.41, 5.74) is 1.36. The Bertz CT molecular complexity index is 632. The lowest BCUT2D eigenvalue weighted by Gasteiger charge is -2.44. The van der Waals surface area contributed by atoms with Gasteiger partial charge in [-0.1, -0.05) is 24.3 Å². The van der Waals surface area contributed by atoms with Crippen LogP contribution in [0, 0.1) is 0 Å². The highest BCUT2D eigenvalue weighted by molar-refractivity contribution is 5.76. The first-order valence-electron chi connectivity index (χ1n) is 7.93. The molecular weight excluding hydrogens is 294 g/mol. The largest absolute Gasteiger partial charge is 0.507 e. The number of benzene rings is 1. The third-order valence-electron chi connectivity index (χ3n) is 4.05. The molecule has 0 aliphatic carbocycles. The second-order valence-corrected chi connectivity index (χ2v) is 7.06. The van der Waals surface area contributed by atoms with Crippen molar-refractivity contribution in [1.29, 1.82) is 0 Å². The lowest BCUT2D eigenvalue weighted by molar-refractivity contribution is -0.0510. The molecule has 1 aromatic rings. The molecule has 3 rings (SSSR count). The van der Waals surface area contributed by atoms with E-state index in [-0.39, 0.29) is 23.9 Å². The number of hydrogen-bond acceptors (Lipinski definition) is 4. The van der Waals surface area contributed by atoms with E-state index >= 15 is 0 Å². The molecule has 5 nitrogen and oxygen atoms in total. The Morgan fingerprint density at radius 3 is 2.70 bits per heavy atom. The van der Waals surface area contributed by atoms with Gasteiger partial charge in [-0.2, -0.15) is 0 Å². The van der Waals surface area contributed by atoms with Gasteiger partial charge in [0.2, 0.25) is 0 Å². The molecule has 2 atom stereocenters. The molecule has 2 aliphatic heterocycles. The van der Waals surface area contributed by atoms with Crippen molar-refractivity contribution in [3.63, 3.8) is 0 Å². The van der Waals surface area contributed by atoms with Crippen molar-refractivity contribution in [2.24, 2.45) is 0 Å². The van der Waals surface area contributed by atoms with Crippen molar-refractivity contribution in [3.05, 3.63) is 35.9 Å². The minimum absolute atomic E-state index is 0.0665. The summed E-state index contributed by atoms with van der Waals surface area (Å²) in [4.78, 5) is 14.3. The number of morpholine rings is 1. The normalized spacial score (nSPS) is 24.1. The van der Waals surface area contributed by atoms with Crippen molar-refractivity contribution < 1.29 is 19.4 Å². The molecular formula is C18H23NO4. The number of ether oxygens (including phenoxy) is 2. The first kappa shape index (κ1) is 15.9. The first-order valence-corrected chi connectivity index (χ1v) is 7.93. The van der Waals surface area contributed by atoms with E-state index in [4.69, 9.17) is 9.47 Å². The number of amides is 1. The number of carbonyl (C=O) groups excluding carboxylic acids is 1. The Balaban J connectivity index is 1.88. The summed E-state index contributed by atoms with van der Waals surface area (Å²) in [5, 5.41) is 10.1. The zero-order valence-corrected chi connectivity index (χ0v) is 13.8. The number of phenolic OH excluding ortho intramolecular Hbond substituents is 1. The van der Waals surface area contributed by atoms with Gasteiger partial charge in [0, 0.05) is 5.56 Å². The molecule has 2 heterocycles. The molecule has 2 bridgehead atoms. The molecule has 2 unspecified atom stereocenters. The average molecular weight is 317 g/mol. The third kappa shape index (κ3) is 3.34. The van der Waals surface area contributed by atoms with Crippen LogP contribution in [0.1, 0.15) is 32.8 Å². The highest BCUT2D eigenvalue weighted by Crippen LogP contribution is 2.36. The van der Waals surface area contributed by atoms with E-state index in [1.54, 1.807) is 17.0 Å². The van der Waals surface area contributed by atoms with Crippen LogP contribution in [0.2, 0.25) is 0 Å². The summed E-state index contributed by atoms with van der Waals surface area (Å²) in [6.45, 7) is 6.53. The van der Waals surface area contributed by atoms with Crippen molar-refractivity contribution in [1.82, 2.24) is 4.90 Å². The molecule has 1 aromatic carbocycles. The van der Waals surface area contributed by atoms with Crippen LogP contribution in [0.4, 0.5) is 4.79 Å². The van der Waals surface area contributed by atoms with Gasteiger partial charge >= 0.3 is 6.09 Å². The highest BCUT2D eigenvalue weighted by atomic mass is 16.6. The van der Waals surface area contributed by atoms with Crippen molar-refractivity contribution in [2.45, 2.75) is 44.9 Å². The van der Waals surface area contributed by atoms with Gasteiger partial charge in [-0.25, -0.2) is 4.79 Å². The predicted octanol–water partition coefficient (Wildman–Crippen LogP) is 3.18. The average Bonchev–Trinajstić information content (AvgIpc) is 2.44. The van der Waals surface area contributed by atoms with E-state index in [0.29, 0.717) is 19.6 Å². The summed E-state index contributed by atoms with van der Waals surface area (Å²) < 4.78 is 11.1. The maximum Gasteiger partial charge on any atom is 0.411 e. The maximum atomic E-state index is 12.5. The summed E-state index contributed by atoms with van der Waals surface area (Å²) >= 11 is 0. The zero-order valence-electron chi connectivity index (χ0n) is 13.8. The molecule has 5 heteroatoms. The third-order valence-corrected chi connectivity index (χ3v) is 4.05. The Morgan fingerprint density at radius 2 is 2.04 bits per heavy atom. The number of carbonyl (C=O) groups is 1. The van der Waals surface area contributed by atoms with Gasteiger partial charge in [-0.15, -0.1) is 0 Å². The number of nitrogens with zero attached hydrogens (tertiary/aromatic N) is 1. The van der Waals surface area contributed by atoms with Crippen LogP contribution in [-0.2, 0) is 9.47 Å². The van der Waals surface area contributed by atoms with Gasteiger partial charge in [-0.05, 0) is 38.8 Å². The van der Waals surface area contributed by atoms with Gasteiger partial charge in [0.05, 0.1) is 25.3 Å². The number of rotatable bonds is 1. The van der Waals surface area contributed by atoms with Crippen LogP contribution in [-0.4, -0.2) is 47.0 Å². The van der Waals surface area contributed by atoms with Crippen LogP contribution in [0.5, 0.6) is 5.75 Å². The zero-order chi connectivity index (χ0) is 16.6. The molecule has 1 fully saturated rings. The molecule has 1 amide bonds. The van der Waals surface area contributed by atoms with Gasteiger partial charge in [0.1, 0.15) is 11.4 Å². The Morgan fingerprint density at radius 1 is 1.30 bits per heavy atom. The van der Waals surface area contributed by atoms with E-state index in [2.05, 4.69) is 0 Å². The molecule has 0 aromatic heterocycles.